The van der Waals surface area contributed by atoms with Gasteiger partial charge < -0.3 is 37.9 Å². The Balaban J connectivity index is 0.000000297. The number of fused-ring (bicyclic) bond motifs is 4. The smallest absolute Gasteiger partial charge is 1.00 e. The number of rotatable bonds is 12. The van der Waals surface area contributed by atoms with Crippen molar-refractivity contribution in [1.82, 2.24) is 50.5 Å². The predicted molar refractivity (Wildman–Crippen MR) is 280 cm³/mol. The van der Waals surface area contributed by atoms with E-state index in [1.165, 1.54) is 0 Å². The molecule has 0 fully saturated rings. The Hall–Kier alpha value is -5.88. The molecule has 8 aromatic heterocycles. The molecule has 0 unspecified atom stereocenters. The zero-order valence-corrected chi connectivity index (χ0v) is 48.6. The fraction of sp³-hybridized carbons (Fsp3) is 0.130. The molecular weight excluding hydrogens is 1060 g/mol. The number of aromatic nitrogens is 8. The third-order valence-electron chi connectivity index (χ3n) is 11.3. The monoisotopic (exact) mass is 1110 g/mol. The van der Waals surface area contributed by atoms with Crippen LogP contribution in [0.4, 0.5) is 0 Å². The molecule has 22 heteroatoms. The van der Waals surface area contributed by atoms with Crippen molar-refractivity contribution in [3.8, 4) is 6.07 Å². The van der Waals surface area contributed by atoms with E-state index in [9.17, 15) is 19.6 Å². The van der Waals surface area contributed by atoms with Gasteiger partial charge in [0.15, 0.2) is 0 Å². The number of nitriles is 1. The van der Waals surface area contributed by atoms with Crippen molar-refractivity contribution >= 4 is 91.3 Å². The van der Waals surface area contributed by atoms with Crippen LogP contribution in [0.2, 0.25) is 10.0 Å². The van der Waals surface area contributed by atoms with Gasteiger partial charge in [0, 0.05) is 120 Å². The fourth-order valence-electron chi connectivity index (χ4n) is 7.96. The van der Waals surface area contributed by atoms with Gasteiger partial charge in [-0.3, -0.25) is 39.1 Å². The van der Waals surface area contributed by atoms with Gasteiger partial charge in [0.25, 0.3) is 24.2 Å². The van der Waals surface area contributed by atoms with E-state index >= 15 is 0 Å². The summed E-state index contributed by atoms with van der Waals surface area (Å²) >= 11 is 12.3. The molecule has 0 bridgehead atoms. The van der Waals surface area contributed by atoms with Crippen LogP contribution in [-0.2, 0) is 35.6 Å². The number of halogens is 2. The number of aromatic amines is 2. The molecular formula is C54H46Cl2K2N12O6. The number of carbonyl (C=O) groups excluding carboxylic acids is 4. The van der Waals surface area contributed by atoms with Crippen LogP contribution >= 0.6 is 23.2 Å². The first kappa shape index (κ1) is 61.0. The quantitative estimate of drug-likeness (QED) is 0.0508. The number of hydrogen-bond donors (Lipinski definition) is 5. The average Bonchev–Trinajstić information content (AvgIpc) is 3.96. The zero-order chi connectivity index (χ0) is 51.6. The zero-order valence-electron chi connectivity index (χ0n) is 41.9. The minimum Gasteiger partial charge on any atom is -1.00 e. The Kier molecular flexibility index (Phi) is 22.9. The number of nitrogens with two attached hydrogens (primary N) is 1. The third kappa shape index (κ3) is 15.4. The van der Waals surface area contributed by atoms with Crippen LogP contribution in [0.3, 0.4) is 0 Å². The van der Waals surface area contributed by atoms with Gasteiger partial charge in [0.2, 0.25) is 0 Å². The summed E-state index contributed by atoms with van der Waals surface area (Å²) in [5, 5.41) is 28.4. The number of hydrogen-bond acceptors (Lipinski definition) is 13. The predicted octanol–water partition coefficient (Wildman–Crippen LogP) is 2.14. The van der Waals surface area contributed by atoms with Gasteiger partial charge in [-0.05, 0) is 120 Å². The van der Waals surface area contributed by atoms with E-state index in [1.54, 1.807) is 79.9 Å². The molecule has 0 aliphatic heterocycles. The van der Waals surface area contributed by atoms with Crippen molar-refractivity contribution in [1.29, 1.82) is 5.26 Å². The Morgan fingerprint density at radius 1 is 0.684 bits per heavy atom. The molecule has 6 N–H and O–H groups in total. The van der Waals surface area contributed by atoms with Crippen molar-refractivity contribution < 1.29 is 134 Å². The Morgan fingerprint density at radius 3 is 1.61 bits per heavy atom. The number of amides is 3. The second-order valence-corrected chi connectivity index (χ2v) is 17.5. The molecule has 0 radical (unpaired) electrons. The van der Waals surface area contributed by atoms with Crippen molar-refractivity contribution in [3.63, 3.8) is 0 Å². The first-order chi connectivity index (χ1) is 35.3. The molecule has 2 aromatic carbocycles. The first-order valence-electron chi connectivity index (χ1n) is 22.2. The maximum atomic E-state index is 12.8. The van der Waals surface area contributed by atoms with Gasteiger partial charge >= 0.3 is 103 Å². The molecule has 10 aromatic rings. The Morgan fingerprint density at radius 2 is 1.14 bits per heavy atom. The number of pyridine rings is 6. The van der Waals surface area contributed by atoms with Crippen LogP contribution in [0.5, 0.6) is 0 Å². The van der Waals surface area contributed by atoms with Crippen molar-refractivity contribution in [2.24, 2.45) is 5.73 Å². The van der Waals surface area contributed by atoms with E-state index in [1.807, 2.05) is 56.3 Å². The van der Waals surface area contributed by atoms with Crippen LogP contribution < -0.4 is 124 Å². The summed E-state index contributed by atoms with van der Waals surface area (Å²) in [5.41, 5.74) is 17.0. The molecule has 8 heterocycles. The number of primary amides is 1. The molecule has 0 aliphatic rings. The number of aryl methyl sites for hydroxylation is 2. The summed E-state index contributed by atoms with van der Waals surface area (Å²) in [5.74, 6) is -0.979. The van der Waals surface area contributed by atoms with E-state index in [0.29, 0.717) is 86.3 Å². The molecule has 0 atom stereocenters. The summed E-state index contributed by atoms with van der Waals surface area (Å²) in [6.07, 6.45) is 14.4. The molecule has 10 rings (SSSR count). The first-order valence-corrected chi connectivity index (χ1v) is 22.9. The summed E-state index contributed by atoms with van der Waals surface area (Å²) < 4.78 is 0. The van der Waals surface area contributed by atoms with Crippen LogP contribution in [0, 0.1) is 25.2 Å². The summed E-state index contributed by atoms with van der Waals surface area (Å²) in [6.45, 7) is 4.35. The summed E-state index contributed by atoms with van der Waals surface area (Å²) in [6, 6.07) is 24.4. The number of carbonyl (C=O) groups is 4. The van der Waals surface area contributed by atoms with Gasteiger partial charge in [-0.25, -0.2) is 9.97 Å². The Labute approximate surface area is 532 Å². The largest absolute Gasteiger partial charge is 1.00 e. The molecule has 0 spiro atoms. The second-order valence-electron chi connectivity index (χ2n) is 16.7. The van der Waals surface area contributed by atoms with Crippen LogP contribution in [0.15, 0.2) is 122 Å². The van der Waals surface area contributed by atoms with E-state index in [0.717, 1.165) is 60.6 Å². The van der Waals surface area contributed by atoms with E-state index in [4.69, 9.17) is 39.0 Å². The van der Waals surface area contributed by atoms with Crippen molar-refractivity contribution in [3.05, 3.63) is 199 Å². The molecule has 0 aliphatic carbocycles. The van der Waals surface area contributed by atoms with Crippen LogP contribution in [0.1, 0.15) is 90.3 Å². The minimum absolute atomic E-state index is 0. The maximum absolute atomic E-state index is 12.8. The minimum atomic E-state index is -0.539. The van der Waals surface area contributed by atoms with Gasteiger partial charge in [0.1, 0.15) is 17.4 Å². The molecule has 18 nitrogen and oxygen atoms in total. The van der Waals surface area contributed by atoms with E-state index in [-0.39, 0.29) is 130 Å². The molecule has 76 heavy (non-hydrogen) atoms. The van der Waals surface area contributed by atoms with Gasteiger partial charge in [-0.15, -0.1) is 0 Å². The molecule has 0 saturated heterocycles. The molecule has 3 amide bonds. The molecule has 0 saturated carbocycles. The maximum Gasteiger partial charge on any atom is 1.00 e. The normalized spacial score (nSPS) is 10.3. The van der Waals surface area contributed by atoms with Crippen LogP contribution in [0.25, 0.3) is 43.9 Å². The average molecular weight is 1110 g/mol. The number of benzene rings is 2. The standard InChI is InChI=1S/C26H21ClN6O2.C26H19ClN6O.CH2O3.CH4.2K.H/c1-14-4-18-5-15(7-21(24(28)34)23(18)30-10-14)6-19-9-17(2-3-29-19)26(35)33-12-16-8-20-22(27)13-32-25(20)31-11-16;1-15-4-19-5-16(6-20(10-28)24(19)30-11-15)7-21-9-18(2-3-29-21)26(34)33-13-17-8-22-23(27)14-32-25(22)31-12-17;2-1-4-3;;;;/h2-5,7-11,13H,6,12H2,1H3,(H2,28,34)(H,31,32)(H,33,35);2-6,8-9,11-12,14H,7,13H2,1H3,(H,31,32)(H,33,34);1,3H;1H4;;;/q;;;;2*+1;-1/p-1. The summed E-state index contributed by atoms with van der Waals surface area (Å²) in [4.78, 5) is 81.1. The Bertz CT molecular complexity index is 3800. The SMILES string of the molecule is C.Cc1cnc2c(C#N)cc(Cc3cc(C(=O)NCc4cnc5[nH]cc(Cl)c5c4)ccn3)cc2c1.Cc1cnc2c(C(N)=O)cc(Cc3cc(C(=O)NCc4cnc5[nH]cc(Cl)c5c4)ccn3)cc2c1.O=CO[O-].[H-].[K+].[K+]. The second kappa shape index (κ2) is 28.5. The van der Waals surface area contributed by atoms with E-state index in [2.05, 4.69) is 61.5 Å². The van der Waals surface area contributed by atoms with Crippen molar-refractivity contribution in [2.45, 2.75) is 47.2 Å². The van der Waals surface area contributed by atoms with Gasteiger partial charge in [0.05, 0.1) is 32.2 Å². The number of H-pyrrole nitrogens is 2. The topological polar surface area (TPSA) is 283 Å². The van der Waals surface area contributed by atoms with Gasteiger partial charge in [-0.1, -0.05) is 30.6 Å². The fourth-order valence-corrected chi connectivity index (χ4v) is 8.36. The number of nitrogens with one attached hydrogen (secondary N) is 4. The van der Waals surface area contributed by atoms with Gasteiger partial charge in [-0.2, -0.15) is 5.26 Å². The molecule has 374 valence electrons. The summed E-state index contributed by atoms with van der Waals surface area (Å²) in [7, 11) is 0. The third-order valence-corrected chi connectivity index (χ3v) is 11.9. The van der Waals surface area contributed by atoms with E-state index < -0.39 is 5.91 Å². The van der Waals surface area contributed by atoms with Crippen molar-refractivity contribution in [2.75, 3.05) is 0 Å². The number of nitrogens with zero attached hydrogens (tertiary/aromatic N) is 7. The van der Waals surface area contributed by atoms with Crippen LogP contribution in [-0.4, -0.2) is 64.1 Å².